The van der Waals surface area contributed by atoms with E-state index in [1.165, 1.54) is 0 Å². The third kappa shape index (κ3) is 2.04. The summed E-state index contributed by atoms with van der Waals surface area (Å²) < 4.78 is 1.71. The van der Waals surface area contributed by atoms with E-state index in [1.54, 1.807) is 16.9 Å². The van der Waals surface area contributed by atoms with Crippen molar-refractivity contribution in [3.8, 4) is 5.82 Å². The lowest BCUT2D eigenvalue weighted by atomic mass is 10.4. The van der Waals surface area contributed by atoms with E-state index in [1.807, 2.05) is 13.8 Å². The van der Waals surface area contributed by atoms with Crippen LogP contribution in [0.2, 0.25) is 5.28 Å². The van der Waals surface area contributed by atoms with Crippen LogP contribution in [0.1, 0.15) is 25.5 Å². The minimum atomic E-state index is 0.216. The van der Waals surface area contributed by atoms with Crippen LogP contribution in [-0.2, 0) is 12.8 Å². The first-order chi connectivity index (χ1) is 7.74. The maximum atomic E-state index is 5.75. The fourth-order valence-electron chi connectivity index (χ4n) is 1.40. The first-order valence-corrected chi connectivity index (χ1v) is 5.56. The zero-order valence-corrected chi connectivity index (χ0v) is 9.94. The second-order valence-electron chi connectivity index (χ2n) is 3.25. The predicted molar refractivity (Wildman–Crippen MR) is 60.7 cm³/mol. The molecule has 0 saturated carbocycles. The Morgan fingerprint density at radius 1 is 1.25 bits per heavy atom. The molecule has 6 heteroatoms. The predicted octanol–water partition coefficient (Wildman–Crippen LogP) is 1.84. The molecule has 0 aliphatic carbocycles. The molecule has 0 spiro atoms. The number of nitrogens with zero attached hydrogens (tertiary/aromatic N) is 5. The largest absolute Gasteiger partial charge is 0.226 e. The van der Waals surface area contributed by atoms with Crippen LogP contribution in [0, 0.1) is 0 Å². The molecule has 16 heavy (non-hydrogen) atoms. The summed E-state index contributed by atoms with van der Waals surface area (Å²) in [7, 11) is 0. The molecule has 0 atom stereocenters. The van der Waals surface area contributed by atoms with Crippen LogP contribution in [0.5, 0.6) is 0 Å². The van der Waals surface area contributed by atoms with Gasteiger partial charge in [-0.2, -0.15) is 9.67 Å². The van der Waals surface area contributed by atoms with Gasteiger partial charge in [0.15, 0.2) is 11.6 Å². The number of aryl methyl sites for hydroxylation is 2. The third-order valence-corrected chi connectivity index (χ3v) is 2.36. The maximum absolute atomic E-state index is 5.75. The number of rotatable bonds is 3. The van der Waals surface area contributed by atoms with Crippen LogP contribution in [0.3, 0.4) is 0 Å². The Hall–Kier alpha value is -1.49. The SMILES string of the molecule is CCc1nc(CC)n(-c2ccnc(Cl)n2)n1. The lowest BCUT2D eigenvalue weighted by Crippen LogP contribution is -2.05. The van der Waals surface area contributed by atoms with Crippen LogP contribution in [0.4, 0.5) is 0 Å². The second kappa shape index (κ2) is 4.57. The average Bonchev–Trinajstić information content (AvgIpc) is 2.72. The average molecular weight is 238 g/mol. The smallest absolute Gasteiger partial charge is 0.224 e. The molecular formula is C10H12ClN5. The van der Waals surface area contributed by atoms with Crippen molar-refractivity contribution in [2.24, 2.45) is 0 Å². The van der Waals surface area contributed by atoms with Crippen LogP contribution in [0.15, 0.2) is 12.3 Å². The molecule has 2 aromatic heterocycles. The van der Waals surface area contributed by atoms with E-state index in [9.17, 15) is 0 Å². The van der Waals surface area contributed by atoms with Crippen molar-refractivity contribution in [3.63, 3.8) is 0 Å². The minimum Gasteiger partial charge on any atom is -0.226 e. The molecule has 2 aromatic rings. The van der Waals surface area contributed by atoms with E-state index in [2.05, 4.69) is 20.1 Å². The highest BCUT2D eigenvalue weighted by molar-refractivity contribution is 6.28. The van der Waals surface area contributed by atoms with Gasteiger partial charge in [0, 0.05) is 25.1 Å². The van der Waals surface area contributed by atoms with Gasteiger partial charge in [-0.1, -0.05) is 13.8 Å². The molecule has 0 fully saturated rings. The Labute approximate surface area is 98.5 Å². The van der Waals surface area contributed by atoms with Crippen molar-refractivity contribution in [2.45, 2.75) is 26.7 Å². The van der Waals surface area contributed by atoms with Crippen LogP contribution < -0.4 is 0 Å². The van der Waals surface area contributed by atoms with Crippen LogP contribution in [-0.4, -0.2) is 24.7 Å². The zero-order chi connectivity index (χ0) is 11.5. The Kier molecular flexibility index (Phi) is 3.14. The van der Waals surface area contributed by atoms with E-state index in [-0.39, 0.29) is 5.28 Å². The highest BCUT2D eigenvalue weighted by atomic mass is 35.5. The van der Waals surface area contributed by atoms with Gasteiger partial charge in [0.05, 0.1) is 0 Å². The molecule has 2 rings (SSSR count). The molecule has 0 N–H and O–H groups in total. The van der Waals surface area contributed by atoms with Crippen LogP contribution in [0.25, 0.3) is 5.82 Å². The third-order valence-electron chi connectivity index (χ3n) is 2.18. The quantitative estimate of drug-likeness (QED) is 0.765. The summed E-state index contributed by atoms with van der Waals surface area (Å²) in [6.07, 6.45) is 3.21. The molecule has 0 bridgehead atoms. The van der Waals surface area contributed by atoms with Crippen molar-refractivity contribution in [2.75, 3.05) is 0 Å². The number of halogens is 1. The van der Waals surface area contributed by atoms with Crippen molar-refractivity contribution in [3.05, 3.63) is 29.2 Å². The molecular weight excluding hydrogens is 226 g/mol. The van der Waals surface area contributed by atoms with E-state index in [0.29, 0.717) is 5.82 Å². The molecule has 0 amide bonds. The summed E-state index contributed by atoms with van der Waals surface area (Å²) in [5.41, 5.74) is 0. The lowest BCUT2D eigenvalue weighted by Gasteiger charge is -2.02. The van der Waals surface area contributed by atoms with Gasteiger partial charge in [-0.25, -0.2) is 9.97 Å². The Morgan fingerprint density at radius 2 is 2.06 bits per heavy atom. The summed E-state index contributed by atoms with van der Waals surface area (Å²) in [5.74, 6) is 2.35. The van der Waals surface area contributed by atoms with E-state index in [0.717, 1.165) is 24.5 Å². The van der Waals surface area contributed by atoms with Crippen molar-refractivity contribution < 1.29 is 0 Å². The monoisotopic (exact) mass is 237 g/mol. The van der Waals surface area contributed by atoms with Crippen molar-refractivity contribution in [1.82, 2.24) is 24.7 Å². The molecule has 0 aliphatic rings. The van der Waals surface area contributed by atoms with E-state index >= 15 is 0 Å². The van der Waals surface area contributed by atoms with Gasteiger partial charge in [0.1, 0.15) is 5.82 Å². The fourth-order valence-corrected chi connectivity index (χ4v) is 1.54. The summed E-state index contributed by atoms with van der Waals surface area (Å²) >= 11 is 5.75. The first kappa shape index (κ1) is 11.0. The first-order valence-electron chi connectivity index (χ1n) is 5.18. The molecule has 84 valence electrons. The summed E-state index contributed by atoms with van der Waals surface area (Å²) in [6.45, 7) is 4.05. The Morgan fingerprint density at radius 3 is 2.69 bits per heavy atom. The molecule has 0 radical (unpaired) electrons. The molecule has 0 aliphatic heterocycles. The Balaban J connectivity index is 2.50. The summed E-state index contributed by atoms with van der Waals surface area (Å²) in [4.78, 5) is 12.4. The number of aromatic nitrogens is 5. The maximum Gasteiger partial charge on any atom is 0.224 e. The van der Waals surface area contributed by atoms with Gasteiger partial charge in [-0.3, -0.25) is 0 Å². The van der Waals surface area contributed by atoms with Gasteiger partial charge in [0.25, 0.3) is 0 Å². The fraction of sp³-hybridized carbons (Fsp3) is 0.400. The number of hydrogen-bond donors (Lipinski definition) is 0. The van der Waals surface area contributed by atoms with Crippen molar-refractivity contribution in [1.29, 1.82) is 0 Å². The van der Waals surface area contributed by atoms with Gasteiger partial charge in [-0.05, 0) is 11.6 Å². The van der Waals surface area contributed by atoms with Crippen molar-refractivity contribution >= 4 is 11.6 Å². The molecule has 2 heterocycles. The molecule has 5 nitrogen and oxygen atoms in total. The topological polar surface area (TPSA) is 56.5 Å². The molecule has 0 unspecified atom stereocenters. The van der Waals surface area contributed by atoms with Gasteiger partial charge in [0.2, 0.25) is 5.28 Å². The summed E-state index contributed by atoms with van der Waals surface area (Å²) in [6, 6.07) is 1.76. The van der Waals surface area contributed by atoms with E-state index in [4.69, 9.17) is 11.6 Å². The van der Waals surface area contributed by atoms with Gasteiger partial charge >= 0.3 is 0 Å². The summed E-state index contributed by atoms with van der Waals surface area (Å²) in [5, 5.41) is 4.58. The second-order valence-corrected chi connectivity index (χ2v) is 3.59. The van der Waals surface area contributed by atoms with Gasteiger partial charge in [-0.15, -0.1) is 5.10 Å². The molecule has 0 aromatic carbocycles. The zero-order valence-electron chi connectivity index (χ0n) is 9.18. The molecule has 0 saturated heterocycles. The van der Waals surface area contributed by atoms with Gasteiger partial charge < -0.3 is 0 Å². The van der Waals surface area contributed by atoms with E-state index < -0.39 is 0 Å². The highest BCUT2D eigenvalue weighted by Crippen LogP contribution is 2.10. The Bertz CT molecular complexity index is 494. The number of hydrogen-bond acceptors (Lipinski definition) is 4. The normalized spacial score (nSPS) is 10.7. The standard InChI is InChI=1S/C10H12ClN5/c1-3-7-13-8(4-2)16(15-7)9-5-6-12-10(11)14-9/h5-6H,3-4H2,1-2H3. The van der Waals surface area contributed by atoms with Crippen LogP contribution >= 0.6 is 11.6 Å². The lowest BCUT2D eigenvalue weighted by molar-refractivity contribution is 0.765. The minimum absolute atomic E-state index is 0.216. The highest BCUT2D eigenvalue weighted by Gasteiger charge is 2.10.